The third-order valence-electron chi connectivity index (χ3n) is 6.31. The van der Waals surface area contributed by atoms with Gasteiger partial charge in [-0.05, 0) is 78.8 Å². The minimum Gasteiger partial charge on any atom is -0.343 e. The molecule has 0 amide bonds. The fourth-order valence-electron chi connectivity index (χ4n) is 5.02. The van der Waals surface area contributed by atoms with Crippen molar-refractivity contribution in [3.05, 3.63) is 87.4 Å². The second-order valence-electron chi connectivity index (χ2n) is 8.00. The van der Waals surface area contributed by atoms with Crippen LogP contribution in [0.5, 0.6) is 0 Å². The van der Waals surface area contributed by atoms with Gasteiger partial charge in [-0.15, -0.1) is 0 Å². The van der Waals surface area contributed by atoms with Gasteiger partial charge in [0.25, 0.3) is 0 Å². The molecule has 0 spiro atoms. The Kier molecular flexibility index (Phi) is 4.70. The van der Waals surface area contributed by atoms with Gasteiger partial charge in [-0.25, -0.2) is 0 Å². The van der Waals surface area contributed by atoms with Crippen molar-refractivity contribution in [3.8, 4) is 0 Å². The Bertz CT molecular complexity index is 1380. The van der Waals surface area contributed by atoms with Gasteiger partial charge < -0.3 is 4.57 Å². The number of benzene rings is 2. The van der Waals surface area contributed by atoms with E-state index >= 15 is 0 Å². The normalized spacial score (nSPS) is 17.2. The van der Waals surface area contributed by atoms with Crippen LogP contribution in [-0.4, -0.2) is 4.57 Å². The van der Waals surface area contributed by atoms with Crippen LogP contribution in [0, 0.1) is 6.92 Å². The molecule has 1 aliphatic rings. The summed E-state index contributed by atoms with van der Waals surface area (Å²) >= 11 is 0. The lowest BCUT2D eigenvalue weighted by Gasteiger charge is -2.12. The van der Waals surface area contributed by atoms with Gasteiger partial charge in [0.1, 0.15) is 0 Å². The van der Waals surface area contributed by atoms with Crippen LogP contribution in [-0.2, 0) is 7.05 Å². The first kappa shape index (κ1) is 19.3. The van der Waals surface area contributed by atoms with Crippen LogP contribution in [0.4, 0.5) is 0 Å². The summed E-state index contributed by atoms with van der Waals surface area (Å²) in [7, 11) is 2.15. The van der Waals surface area contributed by atoms with E-state index in [1.165, 1.54) is 60.4 Å². The van der Waals surface area contributed by atoms with Crippen LogP contribution in [0.15, 0.2) is 65.8 Å². The van der Waals surface area contributed by atoms with Crippen molar-refractivity contribution < 1.29 is 0 Å². The highest BCUT2D eigenvalue weighted by atomic mass is 14.9. The van der Waals surface area contributed by atoms with Crippen molar-refractivity contribution in [1.82, 2.24) is 4.57 Å². The largest absolute Gasteiger partial charge is 0.343 e. The molecule has 0 saturated heterocycles. The number of allylic oxidation sites excluding steroid dienone is 6. The SMILES string of the molecule is C=C1CC(/C=C\C)=C(C)C/1=c1\c(/C=C\C)c(C)c2c3ccccc3n(C)c2c1=C. The van der Waals surface area contributed by atoms with Crippen LogP contribution in [0.25, 0.3) is 40.0 Å². The molecule has 1 aliphatic carbocycles. The fraction of sp³-hybridized carbons (Fsp3) is 0.214. The summed E-state index contributed by atoms with van der Waals surface area (Å²) in [5, 5.41) is 4.93. The molecule has 0 radical (unpaired) electrons. The average molecular weight is 380 g/mol. The van der Waals surface area contributed by atoms with Gasteiger partial charge in [0, 0.05) is 28.6 Å². The van der Waals surface area contributed by atoms with E-state index in [-0.39, 0.29) is 0 Å². The summed E-state index contributed by atoms with van der Waals surface area (Å²) in [6.07, 6.45) is 9.61. The molecule has 1 heterocycles. The molecule has 0 saturated carbocycles. The number of fused-ring (bicyclic) bond motifs is 3. The Morgan fingerprint density at radius 3 is 2.38 bits per heavy atom. The zero-order valence-corrected chi connectivity index (χ0v) is 18.2. The van der Waals surface area contributed by atoms with Crippen molar-refractivity contribution in [2.24, 2.45) is 7.05 Å². The summed E-state index contributed by atoms with van der Waals surface area (Å²) in [6, 6.07) is 8.65. The first-order valence-corrected chi connectivity index (χ1v) is 10.3. The summed E-state index contributed by atoms with van der Waals surface area (Å²) in [4.78, 5) is 0. The molecule has 2 aromatic carbocycles. The van der Waals surface area contributed by atoms with Crippen LogP contribution >= 0.6 is 0 Å². The molecule has 29 heavy (non-hydrogen) atoms. The second-order valence-corrected chi connectivity index (χ2v) is 8.00. The number of aryl methyl sites for hydroxylation is 2. The lowest BCUT2D eigenvalue weighted by Crippen LogP contribution is -2.32. The number of para-hydroxylation sites is 1. The van der Waals surface area contributed by atoms with Crippen molar-refractivity contribution in [2.45, 2.75) is 34.1 Å². The van der Waals surface area contributed by atoms with E-state index in [1.54, 1.807) is 0 Å². The number of aromatic nitrogens is 1. The van der Waals surface area contributed by atoms with E-state index < -0.39 is 0 Å². The van der Waals surface area contributed by atoms with E-state index in [0.29, 0.717) is 0 Å². The lowest BCUT2D eigenvalue weighted by atomic mass is 9.92. The first-order valence-electron chi connectivity index (χ1n) is 10.3. The molecular weight excluding hydrogens is 350 g/mol. The fourth-order valence-corrected chi connectivity index (χ4v) is 5.02. The van der Waals surface area contributed by atoms with Gasteiger partial charge in [0.2, 0.25) is 0 Å². The highest BCUT2D eigenvalue weighted by Gasteiger charge is 2.22. The van der Waals surface area contributed by atoms with Crippen LogP contribution in [0.3, 0.4) is 0 Å². The van der Waals surface area contributed by atoms with Crippen molar-refractivity contribution in [2.75, 3.05) is 0 Å². The second kappa shape index (κ2) is 7.08. The molecule has 146 valence electrons. The third kappa shape index (κ3) is 2.68. The molecule has 1 aromatic heterocycles. The highest BCUT2D eigenvalue weighted by Crippen LogP contribution is 2.37. The smallest absolute Gasteiger partial charge is 0.0565 e. The molecule has 3 aromatic rings. The Balaban J connectivity index is 2.34. The summed E-state index contributed by atoms with van der Waals surface area (Å²) in [5.41, 5.74) is 10.2. The predicted octanol–water partition coefficient (Wildman–Crippen LogP) is 6.09. The molecule has 0 N–H and O–H groups in total. The average Bonchev–Trinajstić information content (AvgIpc) is 3.15. The van der Waals surface area contributed by atoms with Gasteiger partial charge in [-0.1, -0.05) is 55.7 Å². The van der Waals surface area contributed by atoms with Gasteiger partial charge in [-0.3, -0.25) is 0 Å². The summed E-state index contributed by atoms with van der Waals surface area (Å²) < 4.78 is 2.30. The van der Waals surface area contributed by atoms with E-state index in [9.17, 15) is 0 Å². The van der Waals surface area contributed by atoms with Crippen molar-refractivity contribution in [1.29, 1.82) is 0 Å². The van der Waals surface area contributed by atoms with Gasteiger partial charge in [0.15, 0.2) is 0 Å². The number of rotatable bonds is 2. The molecule has 4 rings (SSSR count). The van der Waals surface area contributed by atoms with Gasteiger partial charge >= 0.3 is 0 Å². The first-order chi connectivity index (χ1) is 13.9. The Hall–Kier alpha value is -3.06. The standard InChI is InChI=1S/C28H29N/c1-8-12-21-16-17(3)25(18(21)4)26-20(6)28-27(19(5)22(26)13-9-2)23-14-10-11-15-24(23)29(28)7/h8-15H,3,6,16H2,1-2,4-5,7H3/b12-8-,13-9-,26-25-. The zero-order valence-electron chi connectivity index (χ0n) is 18.2. The topological polar surface area (TPSA) is 4.93 Å². The quantitative estimate of drug-likeness (QED) is 0.508. The summed E-state index contributed by atoms with van der Waals surface area (Å²) in [5.74, 6) is 0. The van der Waals surface area contributed by atoms with Crippen molar-refractivity contribution in [3.63, 3.8) is 0 Å². The maximum atomic E-state index is 4.62. The van der Waals surface area contributed by atoms with E-state index in [2.05, 4.69) is 101 Å². The maximum Gasteiger partial charge on any atom is 0.0565 e. The molecular formula is C28H29N. The van der Waals surface area contributed by atoms with E-state index in [1.807, 2.05) is 0 Å². The molecule has 0 unspecified atom stereocenters. The maximum absolute atomic E-state index is 4.62. The molecule has 0 aliphatic heterocycles. The lowest BCUT2D eigenvalue weighted by molar-refractivity contribution is 1.01. The van der Waals surface area contributed by atoms with Crippen molar-refractivity contribution >= 4 is 40.0 Å². The monoisotopic (exact) mass is 379 g/mol. The summed E-state index contributed by atoms with van der Waals surface area (Å²) in [6.45, 7) is 17.7. The molecule has 0 bridgehead atoms. The Morgan fingerprint density at radius 2 is 1.69 bits per heavy atom. The minimum absolute atomic E-state index is 0.909. The molecule has 0 fully saturated rings. The Labute approximate surface area is 173 Å². The van der Waals surface area contributed by atoms with Gasteiger partial charge in [-0.2, -0.15) is 0 Å². The zero-order chi connectivity index (χ0) is 20.9. The third-order valence-corrected chi connectivity index (χ3v) is 6.31. The predicted molar refractivity (Wildman–Crippen MR) is 129 cm³/mol. The minimum atomic E-state index is 0.909. The molecule has 1 nitrogen and oxygen atoms in total. The van der Waals surface area contributed by atoms with Crippen LogP contribution in [0.1, 0.15) is 38.3 Å². The number of hydrogen-bond donors (Lipinski definition) is 0. The highest BCUT2D eigenvalue weighted by molar-refractivity contribution is 6.11. The van der Waals surface area contributed by atoms with E-state index in [4.69, 9.17) is 0 Å². The van der Waals surface area contributed by atoms with Crippen LogP contribution in [0.2, 0.25) is 0 Å². The van der Waals surface area contributed by atoms with E-state index in [0.717, 1.165) is 11.6 Å². The molecule has 1 heteroatoms. The van der Waals surface area contributed by atoms with Crippen LogP contribution < -0.4 is 10.4 Å². The Morgan fingerprint density at radius 1 is 1.00 bits per heavy atom. The number of hydrogen-bond acceptors (Lipinski definition) is 0. The van der Waals surface area contributed by atoms with Gasteiger partial charge in [0.05, 0.1) is 5.52 Å². The molecule has 0 atom stereocenters. The number of nitrogens with zero attached hydrogens (tertiary/aromatic N) is 1.